The summed E-state index contributed by atoms with van der Waals surface area (Å²) >= 11 is 12.1. The van der Waals surface area contributed by atoms with Gasteiger partial charge in [0.2, 0.25) is 11.8 Å². The molecule has 0 bridgehead atoms. The van der Waals surface area contributed by atoms with Gasteiger partial charge >= 0.3 is 0 Å². The van der Waals surface area contributed by atoms with E-state index in [1.54, 1.807) is 32.0 Å². The first-order valence-electron chi connectivity index (χ1n) is 10.00. The lowest BCUT2D eigenvalue weighted by atomic mass is 9.88. The highest BCUT2D eigenvalue weighted by Gasteiger charge is 2.46. The monoisotopic (exact) mass is 463 g/mol. The lowest BCUT2D eigenvalue weighted by Crippen LogP contribution is -2.61. The van der Waals surface area contributed by atoms with Crippen LogP contribution in [-0.2, 0) is 14.3 Å². The Kier molecular flexibility index (Phi) is 7.27. The van der Waals surface area contributed by atoms with Crippen molar-refractivity contribution < 1.29 is 14.3 Å². The Morgan fingerprint density at radius 1 is 1.16 bits per heavy atom. The quantitative estimate of drug-likeness (QED) is 0.695. The average Bonchev–Trinajstić information content (AvgIpc) is 2.67. The summed E-state index contributed by atoms with van der Waals surface area (Å²) in [6, 6.07) is 14.3. The molecule has 2 amide bonds. The van der Waals surface area contributed by atoms with Crippen LogP contribution in [0.25, 0.3) is 0 Å². The molecule has 2 aromatic carbocycles. The molecule has 1 N–H and O–H groups in total. The number of carbonyl (C=O) groups is 2. The lowest BCUT2D eigenvalue weighted by Gasteiger charge is -2.45. The molecule has 0 saturated carbocycles. The van der Waals surface area contributed by atoms with Crippen LogP contribution in [0.15, 0.2) is 48.5 Å². The topological polar surface area (TPSA) is 61.9 Å². The van der Waals surface area contributed by atoms with Gasteiger partial charge < -0.3 is 19.9 Å². The first-order valence-corrected chi connectivity index (χ1v) is 10.8. The molecule has 2 unspecified atom stereocenters. The van der Waals surface area contributed by atoms with Crippen molar-refractivity contribution in [2.75, 3.05) is 32.7 Å². The van der Waals surface area contributed by atoms with Crippen LogP contribution >= 0.6 is 23.2 Å². The van der Waals surface area contributed by atoms with Gasteiger partial charge in [-0.1, -0.05) is 53.5 Å². The molecular weight excluding hydrogens is 437 g/mol. The van der Waals surface area contributed by atoms with Crippen molar-refractivity contribution in [3.63, 3.8) is 0 Å². The summed E-state index contributed by atoms with van der Waals surface area (Å²) in [5.41, 5.74) is 0.162. The number of likely N-dealkylation sites (N-methyl/N-ethyl adjacent to an activating group) is 1. The van der Waals surface area contributed by atoms with Crippen LogP contribution in [0.5, 0.6) is 0 Å². The maximum absolute atomic E-state index is 13.6. The number of nitrogens with one attached hydrogen (secondary N) is 1. The van der Waals surface area contributed by atoms with Crippen molar-refractivity contribution in [2.45, 2.75) is 31.4 Å². The average molecular weight is 464 g/mol. The highest BCUT2D eigenvalue weighted by Crippen LogP contribution is 2.33. The molecule has 1 aliphatic rings. The molecule has 31 heavy (non-hydrogen) atoms. The molecule has 0 aliphatic carbocycles. The van der Waals surface area contributed by atoms with E-state index < -0.39 is 11.5 Å². The van der Waals surface area contributed by atoms with Crippen molar-refractivity contribution in [3.05, 3.63) is 64.1 Å². The largest absolute Gasteiger partial charge is 0.355 e. The number of rotatable bonds is 6. The number of nitrogens with zero attached hydrogens (tertiary/aromatic N) is 2. The van der Waals surface area contributed by atoms with Crippen molar-refractivity contribution in [3.8, 4) is 0 Å². The van der Waals surface area contributed by atoms with Crippen LogP contribution in [0.4, 0.5) is 5.69 Å². The van der Waals surface area contributed by atoms with E-state index in [1.807, 2.05) is 49.3 Å². The first kappa shape index (κ1) is 23.5. The lowest BCUT2D eigenvalue weighted by molar-refractivity contribution is -0.173. The summed E-state index contributed by atoms with van der Waals surface area (Å²) in [5, 5.41) is 3.64. The Bertz CT molecular complexity index is 930. The van der Waals surface area contributed by atoms with Crippen molar-refractivity contribution in [2.24, 2.45) is 0 Å². The zero-order chi connectivity index (χ0) is 22.8. The first-order chi connectivity index (χ1) is 14.6. The number of hydrogen-bond donors (Lipinski definition) is 1. The second-order valence-electron chi connectivity index (χ2n) is 8.42. The van der Waals surface area contributed by atoms with E-state index in [1.165, 1.54) is 4.90 Å². The zero-order valence-corrected chi connectivity index (χ0v) is 19.6. The molecule has 8 heteroatoms. The van der Waals surface area contributed by atoms with Crippen LogP contribution in [0.1, 0.15) is 25.3 Å². The van der Waals surface area contributed by atoms with Gasteiger partial charge in [0.05, 0.1) is 12.0 Å². The zero-order valence-electron chi connectivity index (χ0n) is 18.1. The van der Waals surface area contributed by atoms with Crippen molar-refractivity contribution in [1.29, 1.82) is 0 Å². The van der Waals surface area contributed by atoms with E-state index in [9.17, 15) is 9.59 Å². The van der Waals surface area contributed by atoms with Gasteiger partial charge in [0.15, 0.2) is 0 Å². The predicted molar refractivity (Wildman–Crippen MR) is 123 cm³/mol. The Balaban J connectivity index is 1.86. The van der Waals surface area contributed by atoms with Crippen LogP contribution in [0.3, 0.4) is 0 Å². The summed E-state index contributed by atoms with van der Waals surface area (Å²) in [5.74, 6) is -1.01. The molecule has 0 radical (unpaired) electrons. The normalized spacial score (nSPS) is 19.6. The van der Waals surface area contributed by atoms with E-state index in [2.05, 4.69) is 5.32 Å². The summed E-state index contributed by atoms with van der Waals surface area (Å²) < 4.78 is 6.11. The van der Waals surface area contributed by atoms with Crippen LogP contribution in [-0.4, -0.2) is 60.6 Å². The van der Waals surface area contributed by atoms with Gasteiger partial charge in [-0.2, -0.15) is 0 Å². The maximum atomic E-state index is 13.6. The molecule has 1 aliphatic heterocycles. The second-order valence-corrected chi connectivity index (χ2v) is 9.30. The third-order valence-electron chi connectivity index (χ3n) is 5.38. The van der Waals surface area contributed by atoms with Gasteiger partial charge in [0.1, 0.15) is 12.3 Å². The number of amides is 2. The third kappa shape index (κ3) is 5.39. The number of ether oxygens (including phenoxy) is 1. The van der Waals surface area contributed by atoms with Gasteiger partial charge in [-0.15, -0.1) is 0 Å². The minimum absolute atomic E-state index is 0.0252. The summed E-state index contributed by atoms with van der Waals surface area (Å²) in [4.78, 5) is 30.3. The van der Waals surface area contributed by atoms with Gasteiger partial charge in [-0.05, 0) is 51.7 Å². The molecule has 2 aromatic rings. The summed E-state index contributed by atoms with van der Waals surface area (Å²) in [6.07, 6.45) is -0.313. The summed E-state index contributed by atoms with van der Waals surface area (Å²) in [6.45, 7) is 4.01. The molecular formula is C23H27Cl2N3O3. The van der Waals surface area contributed by atoms with Gasteiger partial charge in [-0.3, -0.25) is 9.59 Å². The Morgan fingerprint density at radius 3 is 2.35 bits per heavy atom. The van der Waals surface area contributed by atoms with Gasteiger partial charge in [0, 0.05) is 22.3 Å². The molecule has 6 nitrogen and oxygen atoms in total. The number of benzene rings is 2. The maximum Gasteiger partial charge on any atom is 0.249 e. The fourth-order valence-corrected chi connectivity index (χ4v) is 4.19. The Morgan fingerprint density at radius 2 is 1.77 bits per heavy atom. The number of hydrogen-bond acceptors (Lipinski definition) is 4. The van der Waals surface area contributed by atoms with E-state index in [0.717, 1.165) is 5.56 Å². The van der Waals surface area contributed by atoms with Gasteiger partial charge in [0.25, 0.3) is 0 Å². The Hall–Kier alpha value is -2.12. The number of anilines is 1. The molecule has 1 saturated heterocycles. The SMILES string of the molecule is CN(C)CC1OCN(C(C)(C)C(=O)Nc2cc(Cl)cc(Cl)c2)C(=O)C1c1ccccc1. The van der Waals surface area contributed by atoms with Gasteiger partial charge in [-0.25, -0.2) is 0 Å². The fraction of sp³-hybridized carbons (Fsp3) is 0.391. The number of halogens is 2. The molecule has 166 valence electrons. The fourth-order valence-electron chi connectivity index (χ4n) is 3.66. The molecule has 0 aromatic heterocycles. The van der Waals surface area contributed by atoms with Crippen LogP contribution < -0.4 is 5.32 Å². The third-order valence-corrected chi connectivity index (χ3v) is 5.81. The van der Waals surface area contributed by atoms with E-state index in [0.29, 0.717) is 22.3 Å². The minimum atomic E-state index is -1.16. The highest BCUT2D eigenvalue weighted by atomic mass is 35.5. The molecule has 2 atom stereocenters. The highest BCUT2D eigenvalue weighted by molar-refractivity contribution is 6.35. The second kappa shape index (κ2) is 9.57. The minimum Gasteiger partial charge on any atom is -0.355 e. The van der Waals surface area contributed by atoms with Crippen molar-refractivity contribution >= 4 is 40.7 Å². The van der Waals surface area contributed by atoms with E-state index in [-0.39, 0.29) is 24.6 Å². The van der Waals surface area contributed by atoms with E-state index in [4.69, 9.17) is 27.9 Å². The summed E-state index contributed by atoms with van der Waals surface area (Å²) in [7, 11) is 3.88. The van der Waals surface area contributed by atoms with Crippen LogP contribution in [0.2, 0.25) is 10.0 Å². The molecule has 1 fully saturated rings. The van der Waals surface area contributed by atoms with E-state index >= 15 is 0 Å². The standard InChI is InChI=1S/C23H27Cl2N3O3/c1-23(2,22(30)26-18-11-16(24)10-17(25)12-18)28-14-31-19(13-27(3)4)20(21(28)29)15-8-6-5-7-9-15/h5-12,19-20H,13-14H2,1-4H3,(H,26,30). The Labute approximate surface area is 193 Å². The van der Waals surface area contributed by atoms with Crippen molar-refractivity contribution in [1.82, 2.24) is 9.80 Å². The molecule has 0 spiro atoms. The predicted octanol–water partition coefficient (Wildman–Crippen LogP) is 4.24. The number of carbonyl (C=O) groups excluding carboxylic acids is 2. The smallest absolute Gasteiger partial charge is 0.249 e. The molecule has 1 heterocycles. The molecule has 3 rings (SSSR count). The van der Waals surface area contributed by atoms with Crippen LogP contribution in [0, 0.1) is 0 Å².